The van der Waals surface area contributed by atoms with Gasteiger partial charge in [-0.05, 0) is 20.8 Å². The Hall–Kier alpha value is -1.83. The number of nitrogens with one attached hydrogen (secondary N) is 1. The standard InChI is InChI=1S/C13H21N5O2S/c1-4-18(7-10(19)17-9(2)3)11(20)8-21-13-12(14)15-5-6-16-13/h5-6,9H,4,7-8H2,1-3H3,(H2,14,15)(H,17,19). The lowest BCUT2D eigenvalue weighted by Gasteiger charge is -2.21. The number of nitrogen functional groups attached to an aromatic ring is 1. The molecule has 1 rings (SSSR count). The summed E-state index contributed by atoms with van der Waals surface area (Å²) in [5.41, 5.74) is 5.67. The fraction of sp³-hybridized carbons (Fsp3) is 0.538. The zero-order chi connectivity index (χ0) is 15.8. The molecule has 0 saturated heterocycles. The summed E-state index contributed by atoms with van der Waals surface area (Å²) in [5.74, 6) is 0.178. The Morgan fingerprint density at radius 1 is 1.38 bits per heavy atom. The average Bonchev–Trinajstić information content (AvgIpc) is 2.42. The zero-order valence-corrected chi connectivity index (χ0v) is 13.3. The highest BCUT2D eigenvalue weighted by Gasteiger charge is 2.17. The number of rotatable bonds is 7. The molecule has 1 aromatic rings. The Morgan fingerprint density at radius 2 is 2.05 bits per heavy atom. The summed E-state index contributed by atoms with van der Waals surface area (Å²) in [7, 11) is 0. The Bertz CT molecular complexity index is 495. The number of carbonyl (C=O) groups excluding carboxylic acids is 2. The first-order chi connectivity index (χ1) is 9.93. The summed E-state index contributed by atoms with van der Waals surface area (Å²) in [6.45, 7) is 6.12. The van der Waals surface area contributed by atoms with Crippen molar-refractivity contribution >= 4 is 29.4 Å². The van der Waals surface area contributed by atoms with Crippen LogP contribution < -0.4 is 11.1 Å². The SMILES string of the molecule is CCN(CC(=O)NC(C)C)C(=O)CSc1nccnc1N. The van der Waals surface area contributed by atoms with Crippen LogP contribution in [0.4, 0.5) is 5.82 Å². The van der Waals surface area contributed by atoms with Crippen LogP contribution in [0.15, 0.2) is 17.4 Å². The minimum Gasteiger partial charge on any atom is -0.381 e. The highest BCUT2D eigenvalue weighted by molar-refractivity contribution is 8.00. The highest BCUT2D eigenvalue weighted by Crippen LogP contribution is 2.19. The summed E-state index contributed by atoms with van der Waals surface area (Å²) >= 11 is 1.22. The monoisotopic (exact) mass is 311 g/mol. The molecule has 116 valence electrons. The molecule has 0 atom stereocenters. The molecular weight excluding hydrogens is 290 g/mol. The van der Waals surface area contributed by atoms with Crippen LogP contribution in [0.2, 0.25) is 0 Å². The van der Waals surface area contributed by atoms with Crippen LogP contribution in [0.25, 0.3) is 0 Å². The fourth-order valence-electron chi connectivity index (χ4n) is 1.59. The zero-order valence-electron chi connectivity index (χ0n) is 12.5. The van der Waals surface area contributed by atoms with Crippen molar-refractivity contribution in [2.24, 2.45) is 0 Å². The van der Waals surface area contributed by atoms with Gasteiger partial charge in [-0.25, -0.2) is 9.97 Å². The third-order valence-electron chi connectivity index (χ3n) is 2.54. The van der Waals surface area contributed by atoms with E-state index in [0.29, 0.717) is 17.4 Å². The van der Waals surface area contributed by atoms with E-state index in [-0.39, 0.29) is 30.2 Å². The lowest BCUT2D eigenvalue weighted by atomic mass is 10.3. The number of anilines is 1. The maximum atomic E-state index is 12.1. The molecule has 3 N–H and O–H groups in total. The minimum atomic E-state index is -0.163. The van der Waals surface area contributed by atoms with Gasteiger partial charge in [0.15, 0.2) is 5.82 Å². The largest absolute Gasteiger partial charge is 0.381 e. The molecule has 8 heteroatoms. The van der Waals surface area contributed by atoms with E-state index in [1.54, 1.807) is 0 Å². The lowest BCUT2D eigenvalue weighted by Crippen LogP contribution is -2.43. The maximum Gasteiger partial charge on any atom is 0.239 e. The molecular formula is C13H21N5O2S. The molecule has 21 heavy (non-hydrogen) atoms. The Labute approximate surface area is 128 Å². The first-order valence-electron chi connectivity index (χ1n) is 6.70. The molecule has 0 saturated carbocycles. The third kappa shape index (κ3) is 5.99. The first kappa shape index (κ1) is 17.2. The van der Waals surface area contributed by atoms with Gasteiger partial charge in [0.2, 0.25) is 11.8 Å². The van der Waals surface area contributed by atoms with Gasteiger partial charge in [-0.3, -0.25) is 9.59 Å². The topological polar surface area (TPSA) is 101 Å². The van der Waals surface area contributed by atoms with E-state index < -0.39 is 0 Å². The normalized spacial score (nSPS) is 10.5. The molecule has 0 bridgehead atoms. The van der Waals surface area contributed by atoms with Gasteiger partial charge in [0.05, 0.1) is 12.3 Å². The van der Waals surface area contributed by atoms with Crippen molar-refractivity contribution in [3.05, 3.63) is 12.4 Å². The first-order valence-corrected chi connectivity index (χ1v) is 7.69. The molecule has 0 unspecified atom stereocenters. The van der Waals surface area contributed by atoms with Gasteiger partial charge in [-0.1, -0.05) is 11.8 Å². The number of likely N-dealkylation sites (N-methyl/N-ethyl adjacent to an activating group) is 1. The predicted molar refractivity (Wildman–Crippen MR) is 82.7 cm³/mol. The molecule has 0 aliphatic rings. The van der Waals surface area contributed by atoms with Gasteiger partial charge < -0.3 is 16.0 Å². The van der Waals surface area contributed by atoms with Crippen LogP contribution in [0.1, 0.15) is 20.8 Å². The van der Waals surface area contributed by atoms with E-state index in [1.807, 2.05) is 20.8 Å². The number of hydrogen-bond donors (Lipinski definition) is 2. The molecule has 7 nitrogen and oxygen atoms in total. The average molecular weight is 311 g/mol. The van der Waals surface area contributed by atoms with Crippen molar-refractivity contribution in [1.82, 2.24) is 20.2 Å². The minimum absolute atomic E-state index is 0.0556. The smallest absolute Gasteiger partial charge is 0.239 e. The molecule has 0 radical (unpaired) electrons. The molecule has 0 spiro atoms. The van der Waals surface area contributed by atoms with Crippen molar-refractivity contribution < 1.29 is 9.59 Å². The van der Waals surface area contributed by atoms with Gasteiger partial charge in [-0.15, -0.1) is 0 Å². The van der Waals surface area contributed by atoms with E-state index in [2.05, 4.69) is 15.3 Å². The van der Waals surface area contributed by atoms with Crippen molar-refractivity contribution in [1.29, 1.82) is 0 Å². The van der Waals surface area contributed by atoms with Crippen molar-refractivity contribution in [2.45, 2.75) is 31.8 Å². The number of amides is 2. The lowest BCUT2D eigenvalue weighted by molar-refractivity contribution is -0.134. The quantitative estimate of drug-likeness (QED) is 0.712. The summed E-state index contributed by atoms with van der Waals surface area (Å²) in [6, 6.07) is 0.0556. The predicted octanol–water partition coefficient (Wildman–Crippen LogP) is 0.524. The number of aromatic nitrogens is 2. The van der Waals surface area contributed by atoms with Crippen LogP contribution in [0.5, 0.6) is 0 Å². The van der Waals surface area contributed by atoms with E-state index >= 15 is 0 Å². The number of thioether (sulfide) groups is 1. The molecule has 1 heterocycles. The summed E-state index contributed by atoms with van der Waals surface area (Å²) in [5, 5.41) is 3.29. The van der Waals surface area contributed by atoms with Crippen LogP contribution >= 0.6 is 11.8 Å². The number of nitrogens with zero attached hydrogens (tertiary/aromatic N) is 3. The van der Waals surface area contributed by atoms with Gasteiger partial charge in [-0.2, -0.15) is 0 Å². The van der Waals surface area contributed by atoms with Crippen molar-refractivity contribution in [3.8, 4) is 0 Å². The van der Waals surface area contributed by atoms with Crippen LogP contribution in [-0.2, 0) is 9.59 Å². The Morgan fingerprint density at radius 3 is 2.62 bits per heavy atom. The van der Waals surface area contributed by atoms with E-state index in [9.17, 15) is 9.59 Å². The number of carbonyl (C=O) groups is 2. The van der Waals surface area contributed by atoms with E-state index in [0.717, 1.165) is 0 Å². The number of hydrogen-bond acceptors (Lipinski definition) is 6. The van der Waals surface area contributed by atoms with Gasteiger partial charge in [0.1, 0.15) is 5.03 Å². The van der Waals surface area contributed by atoms with Crippen molar-refractivity contribution in [2.75, 3.05) is 24.6 Å². The van der Waals surface area contributed by atoms with Crippen LogP contribution in [0.3, 0.4) is 0 Å². The highest BCUT2D eigenvalue weighted by atomic mass is 32.2. The Kier molecular flexibility index (Phi) is 6.93. The van der Waals surface area contributed by atoms with Crippen LogP contribution in [0, 0.1) is 0 Å². The number of nitrogens with two attached hydrogens (primary N) is 1. The fourth-order valence-corrected chi connectivity index (χ4v) is 2.36. The second-order valence-electron chi connectivity index (χ2n) is 4.67. The molecule has 0 fully saturated rings. The molecule has 0 aliphatic carbocycles. The van der Waals surface area contributed by atoms with Gasteiger partial charge in [0, 0.05) is 25.0 Å². The summed E-state index contributed by atoms with van der Waals surface area (Å²) in [6.07, 6.45) is 3.02. The third-order valence-corrected chi connectivity index (χ3v) is 3.52. The second kappa shape index (κ2) is 8.46. The Balaban J connectivity index is 2.52. The van der Waals surface area contributed by atoms with Crippen LogP contribution in [-0.4, -0.2) is 51.6 Å². The second-order valence-corrected chi connectivity index (χ2v) is 5.63. The molecule has 0 aromatic carbocycles. The summed E-state index contributed by atoms with van der Waals surface area (Å²) in [4.78, 5) is 33.3. The molecule has 2 amide bonds. The van der Waals surface area contributed by atoms with Gasteiger partial charge >= 0.3 is 0 Å². The summed E-state index contributed by atoms with van der Waals surface area (Å²) < 4.78 is 0. The maximum absolute atomic E-state index is 12.1. The van der Waals surface area contributed by atoms with E-state index in [1.165, 1.54) is 29.1 Å². The van der Waals surface area contributed by atoms with E-state index in [4.69, 9.17) is 5.73 Å². The molecule has 0 aliphatic heterocycles. The van der Waals surface area contributed by atoms with Gasteiger partial charge in [0.25, 0.3) is 0 Å². The van der Waals surface area contributed by atoms with Crippen molar-refractivity contribution in [3.63, 3.8) is 0 Å². The molecule has 1 aromatic heterocycles.